The molecule has 0 fully saturated rings. The van der Waals surface area contributed by atoms with Gasteiger partial charge < -0.3 is 15.4 Å². The van der Waals surface area contributed by atoms with Crippen LogP contribution >= 0.6 is 24.0 Å². The second kappa shape index (κ2) is 14.0. The fourth-order valence-electron chi connectivity index (χ4n) is 2.42. The van der Waals surface area contributed by atoms with Crippen molar-refractivity contribution in [2.45, 2.75) is 40.2 Å². The van der Waals surface area contributed by atoms with E-state index in [9.17, 15) is 8.42 Å². The number of halogens is 1. The lowest BCUT2D eigenvalue weighted by Crippen LogP contribution is -2.38. The van der Waals surface area contributed by atoms with Gasteiger partial charge in [-0.3, -0.25) is 4.99 Å². The molecule has 0 saturated heterocycles. The molecular weight excluding hydrogens is 491 g/mol. The van der Waals surface area contributed by atoms with Crippen molar-refractivity contribution in [2.24, 2.45) is 4.99 Å². The Bertz CT molecular complexity index is 711. The van der Waals surface area contributed by atoms with Gasteiger partial charge in [0.15, 0.2) is 5.96 Å². The highest BCUT2D eigenvalue weighted by Gasteiger charge is 2.14. The van der Waals surface area contributed by atoms with E-state index in [0.717, 1.165) is 17.7 Å². The quantitative estimate of drug-likeness (QED) is 0.201. The van der Waals surface area contributed by atoms with E-state index in [2.05, 4.69) is 34.7 Å². The molecule has 0 aromatic heterocycles. The zero-order valence-electron chi connectivity index (χ0n) is 17.6. The third-order valence-electron chi connectivity index (χ3n) is 4.14. The minimum Gasteiger partial charge on any atom is -0.493 e. The highest BCUT2D eigenvalue weighted by atomic mass is 127. The first-order chi connectivity index (χ1) is 12.8. The summed E-state index contributed by atoms with van der Waals surface area (Å²) in [5, 5.41) is 6.49. The van der Waals surface area contributed by atoms with Gasteiger partial charge in [0.1, 0.15) is 5.75 Å². The summed E-state index contributed by atoms with van der Waals surface area (Å²) >= 11 is 0. The molecule has 0 spiro atoms. The summed E-state index contributed by atoms with van der Waals surface area (Å²) in [6.07, 6.45) is 1.66. The molecule has 0 aliphatic rings. The normalized spacial score (nSPS) is 11.9. The Morgan fingerprint density at radius 1 is 1.25 bits per heavy atom. The van der Waals surface area contributed by atoms with Crippen molar-refractivity contribution in [2.75, 3.05) is 39.5 Å². The summed E-state index contributed by atoms with van der Waals surface area (Å²) in [4.78, 5) is 4.22. The highest BCUT2D eigenvalue weighted by Crippen LogP contribution is 2.20. The summed E-state index contributed by atoms with van der Waals surface area (Å²) in [5.41, 5.74) is 2.24. The van der Waals surface area contributed by atoms with Crippen molar-refractivity contribution >= 4 is 40.0 Å². The maximum atomic E-state index is 11.7. The summed E-state index contributed by atoms with van der Waals surface area (Å²) in [6.45, 7) is 8.19. The van der Waals surface area contributed by atoms with Crippen LogP contribution in [0.25, 0.3) is 0 Å². The Kier molecular flexibility index (Phi) is 13.5. The van der Waals surface area contributed by atoms with Gasteiger partial charge in [0.2, 0.25) is 10.0 Å². The van der Waals surface area contributed by atoms with E-state index >= 15 is 0 Å². The first-order valence-corrected chi connectivity index (χ1v) is 11.1. The van der Waals surface area contributed by atoms with E-state index in [1.54, 1.807) is 21.0 Å². The van der Waals surface area contributed by atoms with Gasteiger partial charge in [-0.25, -0.2) is 12.7 Å². The van der Waals surface area contributed by atoms with Gasteiger partial charge >= 0.3 is 0 Å². The van der Waals surface area contributed by atoms with Crippen molar-refractivity contribution in [3.8, 4) is 5.75 Å². The number of aliphatic imine (C=N–C) groups is 1. The minimum absolute atomic E-state index is 0. The predicted octanol–water partition coefficient (Wildman–Crippen LogP) is 2.74. The van der Waals surface area contributed by atoms with E-state index in [1.807, 2.05) is 13.0 Å². The zero-order chi connectivity index (χ0) is 20.3. The molecule has 0 aliphatic heterocycles. The zero-order valence-corrected chi connectivity index (χ0v) is 20.8. The minimum atomic E-state index is -3.12. The number of nitrogens with one attached hydrogen (secondary N) is 2. The van der Waals surface area contributed by atoms with Crippen molar-refractivity contribution in [3.63, 3.8) is 0 Å². The number of hydrogen-bond donors (Lipinski definition) is 2. The van der Waals surface area contributed by atoms with Crippen LogP contribution in [-0.2, 0) is 16.6 Å². The van der Waals surface area contributed by atoms with Crippen molar-refractivity contribution < 1.29 is 13.2 Å². The van der Waals surface area contributed by atoms with E-state index in [4.69, 9.17) is 4.74 Å². The summed E-state index contributed by atoms with van der Waals surface area (Å²) < 4.78 is 30.7. The number of nitrogens with zero attached hydrogens (tertiary/aromatic N) is 2. The monoisotopic (exact) mass is 526 g/mol. The van der Waals surface area contributed by atoms with Gasteiger partial charge in [0.25, 0.3) is 0 Å². The van der Waals surface area contributed by atoms with Crippen LogP contribution in [0, 0.1) is 6.92 Å². The number of hydrogen-bond acceptors (Lipinski definition) is 4. The largest absolute Gasteiger partial charge is 0.493 e. The molecule has 0 amide bonds. The van der Waals surface area contributed by atoms with Crippen LogP contribution in [0.2, 0.25) is 0 Å². The van der Waals surface area contributed by atoms with Gasteiger partial charge in [-0.1, -0.05) is 19.1 Å². The number of guanidine groups is 1. The second-order valence-corrected chi connectivity index (χ2v) is 8.75. The standard InChI is InChI=1S/C19H34N4O3S.HI/c1-6-13-26-18-14-16(3)9-10-17(18)15-22-19(20-4)21-11-8-12-23(5)27(24,25)7-2;/h9-10,14H,6-8,11-13,15H2,1-5H3,(H2,20,21,22);1H. The first kappa shape index (κ1) is 26.9. The van der Waals surface area contributed by atoms with Crippen LogP contribution in [-0.4, -0.2) is 58.2 Å². The Morgan fingerprint density at radius 2 is 1.96 bits per heavy atom. The summed E-state index contributed by atoms with van der Waals surface area (Å²) in [7, 11) is 0.206. The summed E-state index contributed by atoms with van der Waals surface area (Å²) in [6, 6.07) is 6.17. The van der Waals surface area contributed by atoms with Crippen LogP contribution < -0.4 is 15.4 Å². The Hall–Kier alpha value is -1.07. The molecule has 162 valence electrons. The Balaban J connectivity index is 0.00000729. The number of benzene rings is 1. The van der Waals surface area contributed by atoms with Crippen molar-refractivity contribution in [1.82, 2.24) is 14.9 Å². The van der Waals surface area contributed by atoms with Gasteiger partial charge in [-0.2, -0.15) is 0 Å². The smallest absolute Gasteiger partial charge is 0.213 e. The number of sulfonamides is 1. The Labute approximate surface area is 187 Å². The molecule has 0 heterocycles. The third-order valence-corrected chi connectivity index (χ3v) is 6.00. The summed E-state index contributed by atoms with van der Waals surface area (Å²) in [5.74, 6) is 1.70. The molecule has 2 N–H and O–H groups in total. The molecular formula is C19H35IN4O3S. The van der Waals surface area contributed by atoms with E-state index in [0.29, 0.717) is 38.6 Å². The SMILES string of the molecule is CCCOc1cc(C)ccc1CNC(=NC)NCCCN(C)S(=O)(=O)CC.I. The average molecular weight is 526 g/mol. The lowest BCUT2D eigenvalue weighted by molar-refractivity contribution is 0.313. The fourth-order valence-corrected chi connectivity index (χ4v) is 3.27. The molecule has 0 saturated carbocycles. The molecule has 28 heavy (non-hydrogen) atoms. The van der Waals surface area contributed by atoms with Gasteiger partial charge in [0, 0.05) is 39.3 Å². The molecule has 0 aliphatic carbocycles. The number of ether oxygens (including phenoxy) is 1. The molecule has 7 nitrogen and oxygen atoms in total. The topological polar surface area (TPSA) is 83.0 Å². The van der Waals surface area contributed by atoms with Gasteiger partial charge in [-0.05, 0) is 38.3 Å². The van der Waals surface area contributed by atoms with Gasteiger partial charge in [0.05, 0.1) is 12.4 Å². The lowest BCUT2D eigenvalue weighted by Gasteiger charge is -2.17. The third kappa shape index (κ3) is 9.42. The first-order valence-electron chi connectivity index (χ1n) is 9.44. The maximum Gasteiger partial charge on any atom is 0.213 e. The van der Waals surface area contributed by atoms with Crippen LogP contribution in [0.1, 0.15) is 37.8 Å². The Morgan fingerprint density at radius 3 is 2.57 bits per heavy atom. The number of rotatable bonds is 11. The van der Waals surface area contributed by atoms with Crippen LogP contribution in [0.15, 0.2) is 23.2 Å². The molecule has 0 radical (unpaired) electrons. The molecule has 0 unspecified atom stereocenters. The molecule has 0 bridgehead atoms. The predicted molar refractivity (Wildman–Crippen MR) is 127 cm³/mol. The molecule has 0 atom stereocenters. The fraction of sp³-hybridized carbons (Fsp3) is 0.632. The highest BCUT2D eigenvalue weighted by molar-refractivity contribution is 14.0. The molecule has 9 heteroatoms. The lowest BCUT2D eigenvalue weighted by atomic mass is 10.1. The molecule has 1 aromatic carbocycles. The van der Waals surface area contributed by atoms with Crippen LogP contribution in [0.3, 0.4) is 0 Å². The average Bonchev–Trinajstić information content (AvgIpc) is 2.66. The second-order valence-electron chi connectivity index (χ2n) is 6.39. The van der Waals surface area contributed by atoms with Crippen LogP contribution in [0.5, 0.6) is 5.75 Å². The van der Waals surface area contributed by atoms with E-state index < -0.39 is 10.0 Å². The van der Waals surface area contributed by atoms with Crippen molar-refractivity contribution in [1.29, 1.82) is 0 Å². The van der Waals surface area contributed by atoms with Gasteiger partial charge in [-0.15, -0.1) is 24.0 Å². The maximum absolute atomic E-state index is 11.7. The molecule has 1 rings (SSSR count). The van der Waals surface area contributed by atoms with Crippen molar-refractivity contribution in [3.05, 3.63) is 29.3 Å². The van der Waals surface area contributed by atoms with E-state index in [1.165, 1.54) is 9.87 Å². The van der Waals surface area contributed by atoms with Crippen LogP contribution in [0.4, 0.5) is 0 Å². The number of aryl methyl sites for hydroxylation is 1. The van der Waals surface area contributed by atoms with E-state index in [-0.39, 0.29) is 29.7 Å². The molecule has 1 aromatic rings.